The molecule has 0 amide bonds. The average Bonchev–Trinajstić information content (AvgIpc) is 2.33. The number of hydrogen-bond donors (Lipinski definition) is 0. The molecule has 0 bridgehead atoms. The van der Waals surface area contributed by atoms with Gasteiger partial charge >= 0.3 is 0 Å². The van der Waals surface area contributed by atoms with Crippen LogP contribution in [0.25, 0.3) is 0 Å². The molecule has 1 aromatic carbocycles. The zero-order chi connectivity index (χ0) is 13.8. The van der Waals surface area contributed by atoms with Crippen LogP contribution in [0.1, 0.15) is 5.82 Å². The van der Waals surface area contributed by atoms with Crippen molar-refractivity contribution in [2.45, 2.75) is 6.61 Å². The summed E-state index contributed by atoms with van der Waals surface area (Å²) in [6, 6.07) is 5.44. The Hall–Kier alpha value is -1.43. The molecule has 4 nitrogen and oxygen atoms in total. The molecule has 0 saturated carbocycles. The van der Waals surface area contributed by atoms with Gasteiger partial charge in [0.05, 0.1) is 5.02 Å². The third-order valence-corrected chi connectivity index (χ3v) is 2.59. The Morgan fingerprint density at radius 2 is 2.00 bits per heavy atom. The van der Waals surface area contributed by atoms with Crippen molar-refractivity contribution in [3.63, 3.8) is 0 Å². The number of ether oxygens (including phenoxy) is 2. The molecule has 1 heterocycles. The van der Waals surface area contributed by atoms with Gasteiger partial charge in [-0.2, -0.15) is 4.98 Å². The second kappa shape index (κ2) is 6.14. The van der Waals surface area contributed by atoms with Crippen LogP contribution in [-0.4, -0.2) is 17.1 Å². The summed E-state index contributed by atoms with van der Waals surface area (Å²) in [6.07, 6.45) is 0. The molecule has 0 aliphatic carbocycles. The van der Waals surface area contributed by atoms with Gasteiger partial charge in [0, 0.05) is 19.2 Å². The van der Waals surface area contributed by atoms with E-state index < -0.39 is 5.82 Å². The minimum Gasteiger partial charge on any atom is -0.439 e. The van der Waals surface area contributed by atoms with Crippen LogP contribution in [0.2, 0.25) is 10.2 Å². The first-order valence-electron chi connectivity index (χ1n) is 5.24. The second-order valence-corrected chi connectivity index (χ2v) is 4.35. The van der Waals surface area contributed by atoms with Crippen molar-refractivity contribution in [3.8, 4) is 11.6 Å². The monoisotopic (exact) mass is 302 g/mol. The fourth-order valence-electron chi connectivity index (χ4n) is 1.35. The molecule has 100 valence electrons. The van der Waals surface area contributed by atoms with Gasteiger partial charge in [-0.05, 0) is 12.1 Å². The summed E-state index contributed by atoms with van der Waals surface area (Å²) in [5.74, 6) is 0.451. The summed E-state index contributed by atoms with van der Waals surface area (Å²) in [5.41, 5.74) is 0. The highest BCUT2D eigenvalue weighted by Gasteiger charge is 2.07. The van der Waals surface area contributed by atoms with Gasteiger partial charge in [-0.15, -0.1) is 0 Å². The minimum absolute atomic E-state index is 0.0326. The Bertz CT molecular complexity index is 596. The van der Waals surface area contributed by atoms with Crippen molar-refractivity contribution in [1.29, 1.82) is 0 Å². The van der Waals surface area contributed by atoms with Crippen molar-refractivity contribution in [3.05, 3.63) is 46.1 Å². The van der Waals surface area contributed by atoms with Crippen LogP contribution in [-0.2, 0) is 11.3 Å². The smallest absolute Gasteiger partial charge is 0.224 e. The summed E-state index contributed by atoms with van der Waals surface area (Å²) in [5, 5.41) is 0.194. The van der Waals surface area contributed by atoms with Crippen LogP contribution in [0.4, 0.5) is 4.39 Å². The van der Waals surface area contributed by atoms with Gasteiger partial charge in [-0.3, -0.25) is 0 Å². The van der Waals surface area contributed by atoms with Crippen molar-refractivity contribution in [2.24, 2.45) is 0 Å². The number of aromatic nitrogens is 2. The van der Waals surface area contributed by atoms with E-state index >= 15 is 0 Å². The fraction of sp³-hybridized carbons (Fsp3) is 0.167. The van der Waals surface area contributed by atoms with Crippen molar-refractivity contribution in [2.75, 3.05) is 7.11 Å². The largest absolute Gasteiger partial charge is 0.439 e. The normalized spacial score (nSPS) is 10.5. The third-order valence-electron chi connectivity index (χ3n) is 2.10. The van der Waals surface area contributed by atoms with E-state index in [1.165, 1.54) is 31.4 Å². The van der Waals surface area contributed by atoms with Crippen molar-refractivity contribution >= 4 is 23.2 Å². The molecular formula is C12H9Cl2FN2O2. The van der Waals surface area contributed by atoms with E-state index in [9.17, 15) is 4.39 Å². The van der Waals surface area contributed by atoms with Gasteiger partial charge in [-0.1, -0.05) is 23.2 Å². The number of methoxy groups -OCH3 is 1. The molecule has 0 radical (unpaired) electrons. The van der Waals surface area contributed by atoms with E-state index in [1.807, 2.05) is 0 Å². The summed E-state index contributed by atoms with van der Waals surface area (Å²) in [7, 11) is 1.52. The molecule has 0 aliphatic rings. The Kier molecular flexibility index (Phi) is 4.52. The summed E-state index contributed by atoms with van der Waals surface area (Å²) in [6.45, 7) is 0.209. The molecule has 7 heteroatoms. The molecule has 1 aromatic heterocycles. The van der Waals surface area contributed by atoms with E-state index in [1.54, 1.807) is 0 Å². The van der Waals surface area contributed by atoms with Gasteiger partial charge in [-0.25, -0.2) is 9.37 Å². The minimum atomic E-state index is -0.519. The van der Waals surface area contributed by atoms with E-state index in [4.69, 9.17) is 32.7 Å². The number of halogens is 3. The maximum absolute atomic E-state index is 13.0. The van der Waals surface area contributed by atoms with Gasteiger partial charge in [0.2, 0.25) is 5.88 Å². The highest BCUT2D eigenvalue weighted by atomic mass is 35.5. The van der Waals surface area contributed by atoms with Gasteiger partial charge in [0.1, 0.15) is 23.3 Å². The lowest BCUT2D eigenvalue weighted by atomic mass is 10.3. The molecule has 0 spiro atoms. The fourth-order valence-corrected chi connectivity index (χ4v) is 1.71. The maximum atomic E-state index is 13.0. The first kappa shape index (κ1) is 14.0. The zero-order valence-electron chi connectivity index (χ0n) is 9.86. The predicted octanol–water partition coefficient (Wildman–Crippen LogP) is 3.86. The van der Waals surface area contributed by atoms with Crippen LogP contribution < -0.4 is 4.74 Å². The van der Waals surface area contributed by atoms with E-state index in [0.717, 1.165) is 0 Å². The molecule has 0 unspecified atom stereocenters. The Balaban J connectivity index is 2.24. The lowest BCUT2D eigenvalue weighted by Crippen LogP contribution is -1.99. The second-order valence-electron chi connectivity index (χ2n) is 3.56. The van der Waals surface area contributed by atoms with Crippen LogP contribution >= 0.6 is 23.2 Å². The molecule has 0 atom stereocenters. The summed E-state index contributed by atoms with van der Waals surface area (Å²) < 4.78 is 23.4. The SMILES string of the molecule is COCc1nc(Cl)cc(Oc2ccc(F)c(Cl)c2)n1. The first-order chi connectivity index (χ1) is 9.08. The van der Waals surface area contributed by atoms with Gasteiger partial charge in [0.15, 0.2) is 5.82 Å². The average molecular weight is 303 g/mol. The highest BCUT2D eigenvalue weighted by Crippen LogP contribution is 2.26. The number of rotatable bonds is 4. The predicted molar refractivity (Wildman–Crippen MR) is 69.2 cm³/mol. The van der Waals surface area contributed by atoms with Crippen LogP contribution in [0.5, 0.6) is 11.6 Å². The molecular weight excluding hydrogens is 294 g/mol. The summed E-state index contributed by atoms with van der Waals surface area (Å²) >= 11 is 11.5. The van der Waals surface area contributed by atoms with Gasteiger partial charge in [0.25, 0.3) is 0 Å². The lowest BCUT2D eigenvalue weighted by molar-refractivity contribution is 0.177. The number of benzene rings is 1. The molecule has 0 saturated heterocycles. The van der Waals surface area contributed by atoms with Gasteiger partial charge < -0.3 is 9.47 Å². The first-order valence-corrected chi connectivity index (χ1v) is 5.99. The Morgan fingerprint density at radius 3 is 2.68 bits per heavy atom. The van der Waals surface area contributed by atoms with E-state index in [2.05, 4.69) is 9.97 Å². The molecule has 2 rings (SSSR count). The van der Waals surface area contributed by atoms with E-state index in [0.29, 0.717) is 11.6 Å². The zero-order valence-corrected chi connectivity index (χ0v) is 11.4. The van der Waals surface area contributed by atoms with Crippen LogP contribution in [0.15, 0.2) is 24.3 Å². The highest BCUT2D eigenvalue weighted by molar-refractivity contribution is 6.30. The quantitative estimate of drug-likeness (QED) is 0.804. The third kappa shape index (κ3) is 3.76. The molecule has 0 fully saturated rings. The lowest BCUT2D eigenvalue weighted by Gasteiger charge is -2.07. The Labute approximate surface area is 119 Å². The number of nitrogens with zero attached hydrogens (tertiary/aromatic N) is 2. The summed E-state index contributed by atoms with van der Waals surface area (Å²) in [4.78, 5) is 8.05. The maximum Gasteiger partial charge on any atom is 0.224 e. The van der Waals surface area contributed by atoms with Crippen molar-refractivity contribution in [1.82, 2.24) is 9.97 Å². The van der Waals surface area contributed by atoms with Crippen molar-refractivity contribution < 1.29 is 13.9 Å². The molecule has 19 heavy (non-hydrogen) atoms. The number of hydrogen-bond acceptors (Lipinski definition) is 4. The molecule has 0 aliphatic heterocycles. The molecule has 0 N–H and O–H groups in total. The van der Waals surface area contributed by atoms with E-state index in [-0.39, 0.29) is 22.7 Å². The topological polar surface area (TPSA) is 44.2 Å². The standard InChI is InChI=1S/C12H9Cl2FN2O2/c1-18-6-11-16-10(14)5-12(17-11)19-7-2-3-9(15)8(13)4-7/h2-5H,6H2,1H3. The van der Waals surface area contributed by atoms with Crippen LogP contribution in [0, 0.1) is 5.82 Å². The molecule has 2 aromatic rings. The van der Waals surface area contributed by atoms with Crippen LogP contribution in [0.3, 0.4) is 0 Å². The Morgan fingerprint density at radius 1 is 1.21 bits per heavy atom.